The van der Waals surface area contributed by atoms with Crippen LogP contribution in [0.5, 0.6) is 0 Å². The molecule has 1 aliphatic heterocycles. The van der Waals surface area contributed by atoms with Gasteiger partial charge >= 0.3 is 0 Å². The Morgan fingerprint density at radius 1 is 1.07 bits per heavy atom. The van der Waals surface area contributed by atoms with E-state index in [1.807, 2.05) is 29.7 Å². The Morgan fingerprint density at radius 3 is 2.57 bits per heavy atom. The van der Waals surface area contributed by atoms with Crippen molar-refractivity contribution < 1.29 is 9.18 Å². The minimum atomic E-state index is -0.303. The fraction of sp³-hybridized carbons (Fsp3) is 0.333. The van der Waals surface area contributed by atoms with Gasteiger partial charge in [0.15, 0.2) is 0 Å². The zero-order valence-corrected chi connectivity index (χ0v) is 16.2. The standard InChI is InChI=1S/C21H24FN5O/c1-3-21(28)27-12-10-26(11-13-27)20-5-4-17(14-18(20)22)19-6-7-23-8-9-24-16(2)15-25-19/h4-9,14-15H,3,10-13H2,1-2H3. The molecule has 1 aromatic carbocycles. The van der Waals surface area contributed by atoms with Crippen LogP contribution in [0.3, 0.4) is 0 Å². The van der Waals surface area contributed by atoms with Gasteiger partial charge in [0.2, 0.25) is 5.91 Å². The number of rotatable bonds is 3. The largest absolute Gasteiger partial charge is 0.366 e. The smallest absolute Gasteiger partial charge is 0.222 e. The molecule has 0 aliphatic carbocycles. The molecule has 2 aromatic rings. The SMILES string of the molecule is CCC(=O)N1CCN(c2ccc(-c3ccnccnc(C)cn3)cc2F)CC1. The predicted octanol–water partition coefficient (Wildman–Crippen LogP) is 3.17. The summed E-state index contributed by atoms with van der Waals surface area (Å²) < 4.78 is 14.8. The highest BCUT2D eigenvalue weighted by Crippen LogP contribution is 2.26. The molecule has 28 heavy (non-hydrogen) atoms. The molecule has 1 aromatic heterocycles. The average molecular weight is 381 g/mol. The number of carbonyl (C=O) groups excluding carboxylic acids is 1. The quantitative estimate of drug-likeness (QED) is 0.817. The fourth-order valence-electron chi connectivity index (χ4n) is 3.11. The van der Waals surface area contributed by atoms with Gasteiger partial charge in [-0.1, -0.05) is 13.0 Å². The van der Waals surface area contributed by atoms with Gasteiger partial charge in [0, 0.05) is 63.0 Å². The van der Waals surface area contributed by atoms with Crippen LogP contribution in [0.2, 0.25) is 0 Å². The normalized spacial score (nSPS) is 13.8. The van der Waals surface area contributed by atoms with Gasteiger partial charge in [0.25, 0.3) is 0 Å². The molecule has 0 saturated carbocycles. The Kier molecular flexibility index (Phi) is 6.47. The lowest BCUT2D eigenvalue weighted by Gasteiger charge is -2.36. The summed E-state index contributed by atoms with van der Waals surface area (Å²) in [5.41, 5.74) is 2.56. The number of carbonyl (C=O) groups is 1. The van der Waals surface area contributed by atoms with Crippen LogP contribution in [0.15, 0.2) is 49.1 Å². The van der Waals surface area contributed by atoms with E-state index in [2.05, 4.69) is 15.0 Å². The van der Waals surface area contributed by atoms with Gasteiger partial charge < -0.3 is 9.80 Å². The third kappa shape index (κ3) is 4.79. The van der Waals surface area contributed by atoms with Gasteiger partial charge in [-0.3, -0.25) is 19.7 Å². The Bertz CT molecular complexity index is 895. The molecule has 0 radical (unpaired) electrons. The highest BCUT2D eigenvalue weighted by molar-refractivity contribution is 5.76. The number of halogens is 1. The second-order valence-corrected chi connectivity index (χ2v) is 6.56. The summed E-state index contributed by atoms with van der Waals surface area (Å²) in [6, 6.07) is 6.86. The van der Waals surface area contributed by atoms with Gasteiger partial charge in [-0.25, -0.2) is 4.39 Å². The first-order chi connectivity index (χ1) is 13.6. The van der Waals surface area contributed by atoms with E-state index in [4.69, 9.17) is 0 Å². The van der Waals surface area contributed by atoms with Crippen LogP contribution in [0.4, 0.5) is 10.1 Å². The molecule has 0 bridgehead atoms. The van der Waals surface area contributed by atoms with Crippen molar-refractivity contribution in [1.29, 1.82) is 0 Å². The molecule has 7 heteroatoms. The van der Waals surface area contributed by atoms with Gasteiger partial charge in [-0.2, -0.15) is 0 Å². The summed E-state index contributed by atoms with van der Waals surface area (Å²) in [5, 5.41) is 0. The van der Waals surface area contributed by atoms with E-state index >= 15 is 0 Å². The van der Waals surface area contributed by atoms with Crippen LogP contribution >= 0.6 is 0 Å². The monoisotopic (exact) mass is 381 g/mol. The van der Waals surface area contributed by atoms with E-state index < -0.39 is 0 Å². The van der Waals surface area contributed by atoms with Crippen LogP contribution in [0.25, 0.3) is 11.3 Å². The lowest BCUT2D eigenvalue weighted by Crippen LogP contribution is -2.48. The van der Waals surface area contributed by atoms with Crippen molar-refractivity contribution >= 4 is 11.6 Å². The molecule has 0 spiro atoms. The molecule has 2 heterocycles. The summed E-state index contributed by atoms with van der Waals surface area (Å²) in [7, 11) is 0. The van der Waals surface area contributed by atoms with Crippen molar-refractivity contribution in [3.8, 4) is 11.3 Å². The number of hydrogen-bond acceptors (Lipinski definition) is 5. The zero-order valence-electron chi connectivity index (χ0n) is 16.2. The van der Waals surface area contributed by atoms with E-state index in [1.54, 1.807) is 36.9 Å². The van der Waals surface area contributed by atoms with Crippen LogP contribution in [-0.4, -0.2) is 51.9 Å². The minimum absolute atomic E-state index is 0.145. The molecule has 0 N–H and O–H groups in total. The number of piperazine rings is 1. The van der Waals surface area contributed by atoms with E-state index in [-0.39, 0.29) is 11.7 Å². The average Bonchev–Trinajstić information content (AvgIpc) is 2.72. The second-order valence-electron chi connectivity index (χ2n) is 6.56. The summed E-state index contributed by atoms with van der Waals surface area (Å²) >= 11 is 0. The third-order valence-electron chi connectivity index (χ3n) is 4.66. The number of hydrogen-bond donors (Lipinski definition) is 0. The highest BCUT2D eigenvalue weighted by atomic mass is 19.1. The maximum absolute atomic E-state index is 14.8. The molecular formula is C21H24FN5O. The van der Waals surface area contributed by atoms with Crippen LogP contribution in [0, 0.1) is 12.7 Å². The Morgan fingerprint density at radius 2 is 1.86 bits per heavy atom. The lowest BCUT2D eigenvalue weighted by molar-refractivity contribution is -0.131. The molecule has 3 rings (SSSR count). The fourth-order valence-corrected chi connectivity index (χ4v) is 3.11. The molecule has 1 aliphatic rings. The molecule has 1 saturated heterocycles. The van der Waals surface area contributed by atoms with Crippen molar-refractivity contribution in [2.75, 3.05) is 31.1 Å². The van der Waals surface area contributed by atoms with Crippen molar-refractivity contribution in [2.45, 2.75) is 20.3 Å². The summed E-state index contributed by atoms with van der Waals surface area (Å²) in [6.07, 6.45) is 6.94. The number of aryl methyl sites for hydroxylation is 1. The first-order valence-electron chi connectivity index (χ1n) is 9.38. The molecule has 1 amide bonds. The van der Waals surface area contributed by atoms with Crippen molar-refractivity contribution in [3.05, 3.63) is 60.6 Å². The maximum Gasteiger partial charge on any atom is 0.222 e. The molecule has 6 nitrogen and oxygen atoms in total. The highest BCUT2D eigenvalue weighted by Gasteiger charge is 2.22. The summed E-state index contributed by atoms with van der Waals surface area (Å²) in [6.45, 7) is 6.17. The Hall–Kier alpha value is -3.09. The third-order valence-corrected chi connectivity index (χ3v) is 4.66. The van der Waals surface area contributed by atoms with Crippen LogP contribution in [0.1, 0.15) is 19.0 Å². The Balaban J connectivity index is 1.83. The van der Waals surface area contributed by atoms with Gasteiger partial charge in [-0.15, -0.1) is 0 Å². The van der Waals surface area contributed by atoms with Crippen molar-refractivity contribution in [2.24, 2.45) is 0 Å². The number of aromatic nitrogens is 3. The molecular weight excluding hydrogens is 357 g/mol. The van der Waals surface area contributed by atoms with E-state index in [0.29, 0.717) is 49.5 Å². The maximum atomic E-state index is 14.8. The minimum Gasteiger partial charge on any atom is -0.366 e. The number of anilines is 1. The van der Waals surface area contributed by atoms with Crippen molar-refractivity contribution in [3.63, 3.8) is 0 Å². The topological polar surface area (TPSA) is 62.2 Å². The van der Waals surface area contributed by atoms with Crippen LogP contribution in [-0.2, 0) is 4.79 Å². The molecule has 1 fully saturated rings. The molecule has 0 atom stereocenters. The number of nitrogens with zero attached hydrogens (tertiary/aromatic N) is 5. The van der Waals surface area contributed by atoms with E-state index in [1.165, 1.54) is 6.07 Å². The molecule has 0 unspecified atom stereocenters. The van der Waals surface area contributed by atoms with Crippen LogP contribution < -0.4 is 4.90 Å². The summed E-state index contributed by atoms with van der Waals surface area (Å²) in [5.74, 6) is -0.158. The van der Waals surface area contributed by atoms with E-state index in [9.17, 15) is 9.18 Å². The predicted molar refractivity (Wildman–Crippen MR) is 107 cm³/mol. The number of amides is 1. The summed E-state index contributed by atoms with van der Waals surface area (Å²) in [4.78, 5) is 28.3. The van der Waals surface area contributed by atoms with Gasteiger partial charge in [0.05, 0.1) is 17.1 Å². The first kappa shape index (κ1) is 19.7. The Labute approximate surface area is 164 Å². The molecule has 146 valence electrons. The lowest BCUT2D eigenvalue weighted by atomic mass is 10.1. The second kappa shape index (κ2) is 9.21. The van der Waals surface area contributed by atoms with Crippen molar-refractivity contribution in [1.82, 2.24) is 19.9 Å². The van der Waals surface area contributed by atoms with E-state index in [0.717, 1.165) is 5.69 Å². The first-order valence-corrected chi connectivity index (χ1v) is 9.38. The van der Waals surface area contributed by atoms with Gasteiger partial charge in [0.1, 0.15) is 5.82 Å². The number of benzene rings is 1. The van der Waals surface area contributed by atoms with Gasteiger partial charge in [-0.05, 0) is 25.1 Å². The zero-order chi connectivity index (χ0) is 19.9.